The van der Waals surface area contributed by atoms with Crippen LogP contribution in [0.15, 0.2) is 36.8 Å². The summed E-state index contributed by atoms with van der Waals surface area (Å²) in [5, 5.41) is 3.22. The average Bonchev–Trinajstić information content (AvgIpc) is 2.45. The molecular formula is C14H16FN3O. The molecule has 0 aliphatic carbocycles. The lowest BCUT2D eigenvalue weighted by Gasteiger charge is -2.17. The zero-order valence-electron chi connectivity index (χ0n) is 10.9. The number of benzene rings is 1. The lowest BCUT2D eigenvalue weighted by Crippen LogP contribution is -2.20. The summed E-state index contributed by atoms with van der Waals surface area (Å²) in [5.74, 6) is 0.268. The summed E-state index contributed by atoms with van der Waals surface area (Å²) < 4.78 is 19.1. The first-order valence-corrected chi connectivity index (χ1v) is 6.03. The summed E-state index contributed by atoms with van der Waals surface area (Å²) in [4.78, 5) is 7.96. The van der Waals surface area contributed by atoms with Gasteiger partial charge in [0, 0.05) is 24.3 Å². The van der Waals surface area contributed by atoms with Crippen LogP contribution in [0.5, 0.6) is 5.75 Å². The van der Waals surface area contributed by atoms with E-state index in [-0.39, 0.29) is 11.9 Å². The number of nitrogens with zero attached hydrogens (tertiary/aromatic N) is 2. The Balaban J connectivity index is 2.10. The second-order valence-electron chi connectivity index (χ2n) is 4.16. The van der Waals surface area contributed by atoms with Gasteiger partial charge >= 0.3 is 0 Å². The van der Waals surface area contributed by atoms with E-state index in [0.29, 0.717) is 17.9 Å². The van der Waals surface area contributed by atoms with Gasteiger partial charge in [0.1, 0.15) is 17.9 Å². The highest BCUT2D eigenvalue weighted by molar-refractivity contribution is 5.36. The summed E-state index contributed by atoms with van der Waals surface area (Å²) in [7, 11) is 1.54. The van der Waals surface area contributed by atoms with Crippen molar-refractivity contribution in [2.45, 2.75) is 19.5 Å². The normalized spacial score (nSPS) is 12.2. The lowest BCUT2D eigenvalue weighted by molar-refractivity contribution is 0.393. The zero-order valence-corrected chi connectivity index (χ0v) is 10.9. The smallest absolute Gasteiger partial charge is 0.131 e. The first-order chi connectivity index (χ1) is 9.22. The highest BCUT2D eigenvalue weighted by Crippen LogP contribution is 2.27. The number of hydrogen-bond acceptors (Lipinski definition) is 4. The molecule has 0 aliphatic rings. The van der Waals surface area contributed by atoms with Crippen molar-refractivity contribution in [1.82, 2.24) is 15.3 Å². The molecular weight excluding hydrogens is 245 g/mol. The van der Waals surface area contributed by atoms with Gasteiger partial charge in [-0.1, -0.05) is 6.07 Å². The summed E-state index contributed by atoms with van der Waals surface area (Å²) >= 11 is 0. The van der Waals surface area contributed by atoms with Crippen LogP contribution >= 0.6 is 0 Å². The SMILES string of the molecule is COc1cccc(F)c1C(C)NCc1ccncn1. The van der Waals surface area contributed by atoms with Crippen LogP contribution in [-0.4, -0.2) is 17.1 Å². The minimum Gasteiger partial charge on any atom is -0.496 e. The Hall–Kier alpha value is -2.01. The Bertz CT molecular complexity index is 533. The minimum absolute atomic E-state index is 0.175. The molecule has 0 saturated heterocycles. The van der Waals surface area contributed by atoms with Crippen LogP contribution in [0.1, 0.15) is 24.2 Å². The van der Waals surface area contributed by atoms with Crippen LogP contribution in [0.25, 0.3) is 0 Å². The van der Waals surface area contributed by atoms with Gasteiger partial charge in [0.05, 0.1) is 12.8 Å². The van der Waals surface area contributed by atoms with Crippen LogP contribution in [0, 0.1) is 5.82 Å². The first kappa shape index (κ1) is 13.4. The highest BCUT2D eigenvalue weighted by atomic mass is 19.1. The van der Waals surface area contributed by atoms with E-state index in [0.717, 1.165) is 5.69 Å². The van der Waals surface area contributed by atoms with Gasteiger partial charge < -0.3 is 10.1 Å². The Morgan fingerprint density at radius 1 is 1.37 bits per heavy atom. The third-order valence-electron chi connectivity index (χ3n) is 2.90. The van der Waals surface area contributed by atoms with E-state index in [1.54, 1.807) is 18.3 Å². The Morgan fingerprint density at radius 2 is 2.21 bits per heavy atom. The van der Waals surface area contributed by atoms with E-state index in [1.807, 2.05) is 13.0 Å². The second kappa shape index (κ2) is 6.24. The van der Waals surface area contributed by atoms with Crippen molar-refractivity contribution in [3.8, 4) is 5.75 Å². The maximum Gasteiger partial charge on any atom is 0.131 e. The maximum absolute atomic E-state index is 13.9. The lowest BCUT2D eigenvalue weighted by atomic mass is 10.1. The fourth-order valence-corrected chi connectivity index (χ4v) is 1.90. The molecule has 0 amide bonds. The summed E-state index contributed by atoms with van der Waals surface area (Å²) in [6.07, 6.45) is 3.17. The Labute approximate surface area is 111 Å². The van der Waals surface area contributed by atoms with Gasteiger partial charge in [-0.2, -0.15) is 0 Å². The molecule has 2 rings (SSSR count). The van der Waals surface area contributed by atoms with Crippen LogP contribution < -0.4 is 10.1 Å². The largest absolute Gasteiger partial charge is 0.496 e. The molecule has 0 radical (unpaired) electrons. The van der Waals surface area contributed by atoms with Gasteiger partial charge in [-0.15, -0.1) is 0 Å². The van der Waals surface area contributed by atoms with Gasteiger partial charge in [-0.05, 0) is 25.1 Å². The molecule has 1 N–H and O–H groups in total. The molecule has 1 atom stereocenters. The van der Waals surface area contributed by atoms with Gasteiger partial charge in [0.2, 0.25) is 0 Å². The molecule has 1 aromatic carbocycles. The molecule has 2 aromatic rings. The van der Waals surface area contributed by atoms with Crippen molar-refractivity contribution in [3.63, 3.8) is 0 Å². The number of nitrogens with one attached hydrogen (secondary N) is 1. The van der Waals surface area contributed by atoms with Crippen molar-refractivity contribution in [2.24, 2.45) is 0 Å². The predicted octanol–water partition coefficient (Wildman–Crippen LogP) is 2.48. The van der Waals surface area contributed by atoms with Crippen LogP contribution in [0.2, 0.25) is 0 Å². The van der Waals surface area contributed by atoms with E-state index < -0.39 is 0 Å². The minimum atomic E-state index is -0.276. The van der Waals surface area contributed by atoms with Crippen molar-refractivity contribution in [1.29, 1.82) is 0 Å². The predicted molar refractivity (Wildman–Crippen MR) is 70.2 cm³/mol. The number of methoxy groups -OCH3 is 1. The molecule has 19 heavy (non-hydrogen) atoms. The number of ether oxygens (including phenoxy) is 1. The summed E-state index contributed by atoms with van der Waals surface area (Å²) in [6, 6.07) is 6.46. The molecule has 1 aromatic heterocycles. The van der Waals surface area contributed by atoms with Crippen LogP contribution in [0.4, 0.5) is 4.39 Å². The Kier molecular flexibility index (Phi) is 4.41. The number of halogens is 1. The summed E-state index contributed by atoms with van der Waals surface area (Å²) in [5.41, 5.74) is 1.39. The number of aromatic nitrogens is 2. The van der Waals surface area contributed by atoms with Gasteiger partial charge in [-0.25, -0.2) is 14.4 Å². The summed E-state index contributed by atoms with van der Waals surface area (Å²) in [6.45, 7) is 2.43. The van der Waals surface area contributed by atoms with Crippen molar-refractivity contribution >= 4 is 0 Å². The standard InChI is InChI=1S/C14H16FN3O/c1-10(17-8-11-6-7-16-9-18-11)14-12(15)4-3-5-13(14)19-2/h3-7,9-10,17H,8H2,1-2H3. The molecule has 1 heterocycles. The topological polar surface area (TPSA) is 47.0 Å². The van der Waals surface area contributed by atoms with E-state index in [1.165, 1.54) is 19.5 Å². The monoisotopic (exact) mass is 261 g/mol. The Morgan fingerprint density at radius 3 is 2.89 bits per heavy atom. The quantitative estimate of drug-likeness (QED) is 0.898. The fourth-order valence-electron chi connectivity index (χ4n) is 1.90. The molecule has 0 aliphatic heterocycles. The van der Waals surface area contributed by atoms with Gasteiger partial charge in [0.25, 0.3) is 0 Å². The first-order valence-electron chi connectivity index (χ1n) is 6.03. The van der Waals surface area contributed by atoms with E-state index in [4.69, 9.17) is 4.74 Å². The van der Waals surface area contributed by atoms with Crippen molar-refractivity contribution in [2.75, 3.05) is 7.11 Å². The van der Waals surface area contributed by atoms with Crippen LogP contribution in [-0.2, 0) is 6.54 Å². The molecule has 1 unspecified atom stereocenters. The van der Waals surface area contributed by atoms with Gasteiger partial charge in [-0.3, -0.25) is 0 Å². The fraction of sp³-hybridized carbons (Fsp3) is 0.286. The molecule has 100 valence electrons. The van der Waals surface area contributed by atoms with Gasteiger partial charge in [0.15, 0.2) is 0 Å². The van der Waals surface area contributed by atoms with E-state index in [9.17, 15) is 4.39 Å². The highest BCUT2D eigenvalue weighted by Gasteiger charge is 2.15. The molecule has 0 spiro atoms. The van der Waals surface area contributed by atoms with Crippen LogP contribution in [0.3, 0.4) is 0 Å². The molecule has 0 saturated carbocycles. The zero-order chi connectivity index (χ0) is 13.7. The molecule has 5 heteroatoms. The van der Waals surface area contributed by atoms with E-state index >= 15 is 0 Å². The molecule has 0 bridgehead atoms. The van der Waals surface area contributed by atoms with Crippen molar-refractivity contribution in [3.05, 3.63) is 53.9 Å². The van der Waals surface area contributed by atoms with E-state index in [2.05, 4.69) is 15.3 Å². The third kappa shape index (κ3) is 3.26. The average molecular weight is 261 g/mol. The maximum atomic E-state index is 13.9. The van der Waals surface area contributed by atoms with Crippen molar-refractivity contribution < 1.29 is 9.13 Å². The second-order valence-corrected chi connectivity index (χ2v) is 4.16. The molecule has 0 fully saturated rings. The molecule has 4 nitrogen and oxygen atoms in total. The number of hydrogen-bond donors (Lipinski definition) is 1. The number of rotatable bonds is 5. The third-order valence-corrected chi connectivity index (χ3v) is 2.90.